The number of halogens is 2. The first kappa shape index (κ1) is 17.5. The number of anilines is 1. The summed E-state index contributed by atoms with van der Waals surface area (Å²) in [5.41, 5.74) is 9.73. The summed E-state index contributed by atoms with van der Waals surface area (Å²) in [6.45, 7) is 0. The summed E-state index contributed by atoms with van der Waals surface area (Å²) in [7, 11) is 0. The van der Waals surface area contributed by atoms with Crippen molar-refractivity contribution in [1.82, 2.24) is 10.3 Å². The van der Waals surface area contributed by atoms with Crippen LogP contribution in [0.5, 0.6) is 0 Å². The van der Waals surface area contributed by atoms with E-state index in [9.17, 15) is 9.18 Å². The van der Waals surface area contributed by atoms with Gasteiger partial charge in [-0.2, -0.15) is 0 Å². The molecular formula is C21H17ClFN3O. The molecule has 0 unspecified atom stereocenters. The maximum Gasteiger partial charge on any atom is 0.251 e. The number of aromatic nitrogens is 1. The maximum atomic E-state index is 13.4. The van der Waals surface area contributed by atoms with E-state index >= 15 is 0 Å². The van der Waals surface area contributed by atoms with Gasteiger partial charge in [-0.05, 0) is 54.3 Å². The van der Waals surface area contributed by atoms with E-state index in [1.165, 1.54) is 12.1 Å². The summed E-state index contributed by atoms with van der Waals surface area (Å²) in [6.07, 6.45) is 3.78. The van der Waals surface area contributed by atoms with E-state index in [1.54, 1.807) is 24.4 Å². The second kappa shape index (κ2) is 7.00. The van der Waals surface area contributed by atoms with Gasteiger partial charge in [0.25, 0.3) is 5.91 Å². The number of benzene rings is 2. The first-order valence-corrected chi connectivity index (χ1v) is 9.01. The van der Waals surface area contributed by atoms with Crippen LogP contribution in [0.1, 0.15) is 23.2 Å². The van der Waals surface area contributed by atoms with Crippen molar-refractivity contribution < 1.29 is 9.18 Å². The second-order valence-corrected chi connectivity index (χ2v) is 7.02. The number of nitrogens with one attached hydrogen (secondary N) is 1. The van der Waals surface area contributed by atoms with Gasteiger partial charge in [0.05, 0.1) is 5.02 Å². The smallest absolute Gasteiger partial charge is 0.251 e. The third-order valence-electron chi connectivity index (χ3n) is 4.54. The molecule has 27 heavy (non-hydrogen) atoms. The number of pyridine rings is 1. The fraction of sp³-hybridized carbons (Fsp3) is 0.143. The van der Waals surface area contributed by atoms with Gasteiger partial charge in [0.15, 0.2) is 0 Å². The molecule has 0 spiro atoms. The molecule has 3 aromatic rings. The Kier molecular flexibility index (Phi) is 4.54. The van der Waals surface area contributed by atoms with Crippen LogP contribution in [-0.4, -0.2) is 16.9 Å². The molecule has 1 amide bonds. The summed E-state index contributed by atoms with van der Waals surface area (Å²) in [5.74, 6) is -0.203. The maximum absolute atomic E-state index is 13.4. The van der Waals surface area contributed by atoms with E-state index in [0.29, 0.717) is 28.6 Å². The fourth-order valence-electron chi connectivity index (χ4n) is 2.84. The van der Waals surface area contributed by atoms with Gasteiger partial charge in [0.1, 0.15) is 11.6 Å². The molecule has 4 rings (SSSR count). The van der Waals surface area contributed by atoms with Crippen molar-refractivity contribution >= 4 is 23.3 Å². The molecule has 1 saturated carbocycles. The van der Waals surface area contributed by atoms with Crippen molar-refractivity contribution in [2.75, 3.05) is 5.73 Å². The Labute approximate surface area is 161 Å². The summed E-state index contributed by atoms with van der Waals surface area (Å²) >= 11 is 5.89. The SMILES string of the molecule is Nc1ncc(-c2ccc(C(=O)NC3CC3)cc2)cc1-c1ccc(F)c(Cl)c1. The van der Waals surface area contributed by atoms with Gasteiger partial charge in [-0.3, -0.25) is 4.79 Å². The van der Waals surface area contributed by atoms with Gasteiger partial charge in [-0.1, -0.05) is 29.8 Å². The normalized spacial score (nSPS) is 13.4. The standard InChI is InChI=1S/C21H17ClFN3O/c22-18-10-14(5-8-19(18)23)17-9-15(11-25-20(17)24)12-1-3-13(4-2-12)21(27)26-16-6-7-16/h1-5,8-11,16H,6-7H2,(H2,24,25)(H,26,27). The van der Waals surface area contributed by atoms with Crippen LogP contribution in [0.2, 0.25) is 5.02 Å². The zero-order valence-electron chi connectivity index (χ0n) is 14.4. The molecule has 0 bridgehead atoms. The van der Waals surface area contributed by atoms with Crippen molar-refractivity contribution in [3.8, 4) is 22.3 Å². The van der Waals surface area contributed by atoms with Crippen LogP contribution in [0.4, 0.5) is 10.2 Å². The zero-order valence-corrected chi connectivity index (χ0v) is 15.1. The van der Waals surface area contributed by atoms with Crippen LogP contribution in [-0.2, 0) is 0 Å². The fourth-order valence-corrected chi connectivity index (χ4v) is 3.02. The lowest BCUT2D eigenvalue weighted by molar-refractivity contribution is 0.0951. The molecule has 2 aromatic carbocycles. The molecule has 0 saturated heterocycles. The lowest BCUT2D eigenvalue weighted by atomic mass is 10.00. The number of nitrogens with two attached hydrogens (primary N) is 1. The second-order valence-electron chi connectivity index (χ2n) is 6.61. The molecule has 1 heterocycles. The van der Waals surface area contributed by atoms with Gasteiger partial charge in [-0.25, -0.2) is 9.37 Å². The number of hydrogen-bond donors (Lipinski definition) is 2. The predicted octanol–water partition coefficient (Wildman–Crippen LogP) is 4.68. The number of amides is 1. The van der Waals surface area contributed by atoms with Gasteiger partial charge in [0.2, 0.25) is 0 Å². The first-order chi connectivity index (χ1) is 13.0. The Morgan fingerprint density at radius 1 is 1.07 bits per heavy atom. The van der Waals surface area contributed by atoms with Gasteiger partial charge >= 0.3 is 0 Å². The van der Waals surface area contributed by atoms with Gasteiger partial charge in [0, 0.05) is 28.9 Å². The molecule has 1 aliphatic carbocycles. The van der Waals surface area contributed by atoms with Gasteiger partial charge < -0.3 is 11.1 Å². The van der Waals surface area contributed by atoms with Crippen LogP contribution in [0.25, 0.3) is 22.3 Å². The van der Waals surface area contributed by atoms with E-state index in [1.807, 2.05) is 18.2 Å². The molecule has 1 aliphatic rings. The number of nitrogen functional groups attached to an aromatic ring is 1. The molecule has 6 heteroatoms. The number of hydrogen-bond acceptors (Lipinski definition) is 3. The van der Waals surface area contributed by atoms with E-state index in [4.69, 9.17) is 17.3 Å². The minimum atomic E-state index is -0.483. The molecule has 1 aromatic heterocycles. The monoisotopic (exact) mass is 381 g/mol. The van der Waals surface area contributed by atoms with Crippen molar-refractivity contribution in [3.05, 3.63) is 71.1 Å². The van der Waals surface area contributed by atoms with Crippen LogP contribution >= 0.6 is 11.6 Å². The van der Waals surface area contributed by atoms with E-state index in [2.05, 4.69) is 10.3 Å². The van der Waals surface area contributed by atoms with Crippen LogP contribution < -0.4 is 11.1 Å². The number of nitrogens with zero attached hydrogens (tertiary/aromatic N) is 1. The average Bonchev–Trinajstić information content (AvgIpc) is 3.49. The highest BCUT2D eigenvalue weighted by Crippen LogP contribution is 2.32. The summed E-state index contributed by atoms with van der Waals surface area (Å²) in [6, 6.07) is 14.0. The Morgan fingerprint density at radius 3 is 2.44 bits per heavy atom. The molecular weight excluding hydrogens is 365 g/mol. The van der Waals surface area contributed by atoms with E-state index < -0.39 is 5.82 Å². The lowest BCUT2D eigenvalue weighted by Gasteiger charge is -2.10. The summed E-state index contributed by atoms with van der Waals surface area (Å²) in [4.78, 5) is 16.4. The highest BCUT2D eigenvalue weighted by Gasteiger charge is 2.23. The predicted molar refractivity (Wildman–Crippen MR) is 105 cm³/mol. The highest BCUT2D eigenvalue weighted by molar-refractivity contribution is 6.31. The zero-order chi connectivity index (χ0) is 19.0. The average molecular weight is 382 g/mol. The molecule has 136 valence electrons. The largest absolute Gasteiger partial charge is 0.383 e. The molecule has 3 N–H and O–H groups in total. The van der Waals surface area contributed by atoms with E-state index in [0.717, 1.165) is 24.0 Å². The lowest BCUT2D eigenvalue weighted by Crippen LogP contribution is -2.25. The Balaban J connectivity index is 1.64. The molecule has 4 nitrogen and oxygen atoms in total. The topological polar surface area (TPSA) is 68.0 Å². The van der Waals surface area contributed by atoms with Crippen molar-refractivity contribution in [3.63, 3.8) is 0 Å². The third-order valence-corrected chi connectivity index (χ3v) is 4.83. The molecule has 1 fully saturated rings. The Bertz CT molecular complexity index is 1020. The van der Waals surface area contributed by atoms with Crippen LogP contribution in [0.15, 0.2) is 54.7 Å². The van der Waals surface area contributed by atoms with Crippen molar-refractivity contribution in [1.29, 1.82) is 0 Å². The number of rotatable bonds is 4. The quantitative estimate of drug-likeness (QED) is 0.689. The number of carbonyl (C=O) groups excluding carboxylic acids is 1. The minimum Gasteiger partial charge on any atom is -0.383 e. The highest BCUT2D eigenvalue weighted by atomic mass is 35.5. The third kappa shape index (κ3) is 3.78. The van der Waals surface area contributed by atoms with Crippen molar-refractivity contribution in [2.45, 2.75) is 18.9 Å². The first-order valence-electron chi connectivity index (χ1n) is 8.63. The van der Waals surface area contributed by atoms with E-state index in [-0.39, 0.29) is 10.9 Å². The summed E-state index contributed by atoms with van der Waals surface area (Å²) < 4.78 is 13.4. The summed E-state index contributed by atoms with van der Waals surface area (Å²) in [5, 5.41) is 3.00. The Hall–Kier alpha value is -2.92. The minimum absolute atomic E-state index is 0.0309. The Morgan fingerprint density at radius 2 is 1.78 bits per heavy atom. The molecule has 0 atom stereocenters. The molecule has 0 radical (unpaired) electrons. The molecule has 0 aliphatic heterocycles. The van der Waals surface area contributed by atoms with Crippen molar-refractivity contribution in [2.24, 2.45) is 0 Å². The van der Waals surface area contributed by atoms with Crippen LogP contribution in [0.3, 0.4) is 0 Å². The van der Waals surface area contributed by atoms with Crippen LogP contribution in [0, 0.1) is 5.82 Å². The number of carbonyl (C=O) groups is 1. The van der Waals surface area contributed by atoms with Gasteiger partial charge in [-0.15, -0.1) is 0 Å².